The fourth-order valence-electron chi connectivity index (χ4n) is 2.02. The fraction of sp³-hybridized carbons (Fsp3) is 0.200. The van der Waals surface area contributed by atoms with Crippen LogP contribution in [0.5, 0.6) is 0 Å². The van der Waals surface area contributed by atoms with Crippen LogP contribution in [0, 0.1) is 13.8 Å². The first kappa shape index (κ1) is 15.9. The predicted octanol–water partition coefficient (Wildman–Crippen LogP) is 2.42. The highest BCUT2D eigenvalue weighted by Gasteiger charge is 2.17. The summed E-state index contributed by atoms with van der Waals surface area (Å²) >= 11 is 1.47. The second kappa shape index (κ2) is 6.23. The minimum Gasteiger partial charge on any atom is -0.250 e. The number of nitrogens with one attached hydrogen (secondary N) is 1. The van der Waals surface area contributed by atoms with Crippen LogP contribution in [0.1, 0.15) is 15.4 Å². The van der Waals surface area contributed by atoms with Crippen molar-refractivity contribution in [3.63, 3.8) is 0 Å². The highest BCUT2D eigenvalue weighted by atomic mass is 32.2. The standard InChI is InChI=1S/C15H16N4O2S2/c1-11-3-5-13(6-4-11)19-10-15(9-17-19)23(20,21)18-8-14-7-16-12(2)22-14/h3-7,9-10,18H,8H2,1-2H3. The van der Waals surface area contributed by atoms with Crippen LogP contribution in [0.4, 0.5) is 0 Å². The molecule has 0 spiro atoms. The van der Waals surface area contributed by atoms with Crippen molar-refractivity contribution in [3.8, 4) is 5.69 Å². The van der Waals surface area contributed by atoms with Crippen LogP contribution < -0.4 is 4.72 Å². The summed E-state index contributed by atoms with van der Waals surface area (Å²) < 4.78 is 28.8. The van der Waals surface area contributed by atoms with E-state index in [1.165, 1.54) is 23.7 Å². The van der Waals surface area contributed by atoms with Crippen molar-refractivity contribution in [2.45, 2.75) is 25.3 Å². The summed E-state index contributed by atoms with van der Waals surface area (Å²) in [5.74, 6) is 0. The van der Waals surface area contributed by atoms with Gasteiger partial charge in [0.25, 0.3) is 0 Å². The summed E-state index contributed by atoms with van der Waals surface area (Å²) in [6, 6.07) is 7.70. The number of nitrogens with zero attached hydrogens (tertiary/aromatic N) is 3. The van der Waals surface area contributed by atoms with Crippen molar-refractivity contribution in [1.29, 1.82) is 0 Å². The van der Waals surface area contributed by atoms with Crippen LogP contribution in [0.2, 0.25) is 0 Å². The van der Waals surface area contributed by atoms with Crippen molar-refractivity contribution < 1.29 is 8.42 Å². The van der Waals surface area contributed by atoms with Crippen LogP contribution in [0.25, 0.3) is 5.69 Å². The Labute approximate surface area is 138 Å². The topological polar surface area (TPSA) is 76.9 Å². The maximum absolute atomic E-state index is 12.3. The lowest BCUT2D eigenvalue weighted by atomic mass is 10.2. The Morgan fingerprint density at radius 3 is 2.57 bits per heavy atom. The normalized spacial score (nSPS) is 11.7. The predicted molar refractivity (Wildman–Crippen MR) is 89.2 cm³/mol. The molecule has 1 N–H and O–H groups in total. The lowest BCUT2D eigenvalue weighted by molar-refractivity contribution is 0.582. The highest BCUT2D eigenvalue weighted by molar-refractivity contribution is 7.89. The molecule has 0 radical (unpaired) electrons. The molecular formula is C15H16N4O2S2. The summed E-state index contributed by atoms with van der Waals surface area (Å²) in [6.07, 6.45) is 4.53. The van der Waals surface area contributed by atoms with E-state index in [1.54, 1.807) is 10.9 Å². The molecular weight excluding hydrogens is 332 g/mol. The number of aryl methyl sites for hydroxylation is 2. The molecule has 3 aromatic rings. The minimum absolute atomic E-state index is 0.138. The second-order valence-corrected chi connectivity index (χ2v) is 8.21. The number of rotatable bonds is 5. The van der Waals surface area contributed by atoms with E-state index >= 15 is 0 Å². The van der Waals surface area contributed by atoms with Gasteiger partial charge in [0.05, 0.1) is 23.1 Å². The zero-order valence-electron chi connectivity index (χ0n) is 12.7. The average Bonchev–Trinajstić information content (AvgIpc) is 3.15. The van der Waals surface area contributed by atoms with Crippen LogP contribution in [-0.4, -0.2) is 23.2 Å². The summed E-state index contributed by atoms with van der Waals surface area (Å²) in [5.41, 5.74) is 1.95. The molecule has 0 aliphatic carbocycles. The number of aromatic nitrogens is 3. The molecule has 120 valence electrons. The number of hydrogen-bond donors (Lipinski definition) is 1. The van der Waals surface area contributed by atoms with Gasteiger partial charge in [-0.3, -0.25) is 0 Å². The zero-order valence-corrected chi connectivity index (χ0v) is 14.4. The van der Waals surface area contributed by atoms with Crippen LogP contribution >= 0.6 is 11.3 Å². The first-order valence-electron chi connectivity index (χ1n) is 6.97. The van der Waals surface area contributed by atoms with Crippen molar-refractivity contribution in [3.05, 3.63) is 58.3 Å². The maximum Gasteiger partial charge on any atom is 0.244 e. The second-order valence-electron chi connectivity index (χ2n) is 5.13. The third-order valence-corrected chi connectivity index (χ3v) is 5.54. The molecule has 0 amide bonds. The van der Waals surface area contributed by atoms with Gasteiger partial charge in [-0.15, -0.1) is 11.3 Å². The molecule has 2 aromatic heterocycles. The van der Waals surface area contributed by atoms with Crippen LogP contribution in [-0.2, 0) is 16.6 Å². The van der Waals surface area contributed by atoms with Crippen LogP contribution in [0.3, 0.4) is 0 Å². The van der Waals surface area contributed by atoms with Gasteiger partial charge in [-0.2, -0.15) is 5.10 Å². The number of benzene rings is 1. The average molecular weight is 348 g/mol. The van der Waals surface area contributed by atoms with Crippen molar-refractivity contribution in [2.75, 3.05) is 0 Å². The number of hydrogen-bond acceptors (Lipinski definition) is 5. The van der Waals surface area contributed by atoms with E-state index in [-0.39, 0.29) is 11.4 Å². The Bertz CT molecular complexity index is 911. The largest absolute Gasteiger partial charge is 0.250 e. The molecule has 1 aromatic carbocycles. The minimum atomic E-state index is -3.60. The molecule has 6 nitrogen and oxygen atoms in total. The number of sulfonamides is 1. The van der Waals surface area contributed by atoms with E-state index in [2.05, 4.69) is 14.8 Å². The zero-order chi connectivity index (χ0) is 16.4. The molecule has 0 fully saturated rings. The SMILES string of the molecule is Cc1ccc(-n2cc(S(=O)(=O)NCc3cnc(C)s3)cn2)cc1. The van der Waals surface area contributed by atoms with E-state index in [4.69, 9.17) is 0 Å². The smallest absolute Gasteiger partial charge is 0.244 e. The summed E-state index contributed by atoms with van der Waals surface area (Å²) in [4.78, 5) is 5.12. The molecule has 23 heavy (non-hydrogen) atoms. The third kappa shape index (κ3) is 3.66. The quantitative estimate of drug-likeness (QED) is 0.768. The molecule has 0 aliphatic rings. The highest BCUT2D eigenvalue weighted by Crippen LogP contribution is 2.15. The molecule has 0 atom stereocenters. The van der Waals surface area contributed by atoms with E-state index in [9.17, 15) is 8.42 Å². The molecule has 8 heteroatoms. The molecule has 2 heterocycles. The summed E-state index contributed by atoms with van der Waals surface area (Å²) in [5, 5.41) is 5.04. The van der Waals surface area contributed by atoms with Gasteiger partial charge >= 0.3 is 0 Å². The van der Waals surface area contributed by atoms with Gasteiger partial charge < -0.3 is 0 Å². The van der Waals surface area contributed by atoms with Gasteiger partial charge in [0.2, 0.25) is 10.0 Å². The first-order chi connectivity index (χ1) is 10.9. The van der Waals surface area contributed by atoms with Gasteiger partial charge in [-0.1, -0.05) is 17.7 Å². The lowest BCUT2D eigenvalue weighted by Crippen LogP contribution is -2.22. The first-order valence-corrected chi connectivity index (χ1v) is 9.27. The lowest BCUT2D eigenvalue weighted by Gasteiger charge is -2.03. The van der Waals surface area contributed by atoms with Crippen molar-refractivity contribution >= 4 is 21.4 Å². The molecule has 0 unspecified atom stereocenters. The third-order valence-electron chi connectivity index (χ3n) is 3.27. The van der Waals surface area contributed by atoms with Crippen LogP contribution in [0.15, 0.2) is 47.8 Å². The molecule has 0 bridgehead atoms. The fourth-order valence-corrected chi connectivity index (χ4v) is 3.78. The Kier molecular flexibility index (Phi) is 4.29. The van der Waals surface area contributed by atoms with Gasteiger partial charge in [-0.25, -0.2) is 22.8 Å². The summed E-state index contributed by atoms with van der Waals surface area (Å²) in [7, 11) is -3.60. The van der Waals surface area contributed by atoms with E-state index in [1.807, 2.05) is 38.1 Å². The van der Waals surface area contributed by atoms with Gasteiger partial charge in [0.1, 0.15) is 4.90 Å². The van der Waals surface area contributed by atoms with Crippen molar-refractivity contribution in [2.24, 2.45) is 0 Å². The molecule has 0 saturated carbocycles. The molecule has 0 aliphatic heterocycles. The molecule has 0 saturated heterocycles. The Balaban J connectivity index is 1.76. The van der Waals surface area contributed by atoms with E-state index < -0.39 is 10.0 Å². The van der Waals surface area contributed by atoms with Gasteiger partial charge in [0, 0.05) is 17.6 Å². The maximum atomic E-state index is 12.3. The Morgan fingerprint density at radius 1 is 1.17 bits per heavy atom. The van der Waals surface area contributed by atoms with Crippen molar-refractivity contribution in [1.82, 2.24) is 19.5 Å². The van der Waals surface area contributed by atoms with Gasteiger partial charge in [0.15, 0.2) is 0 Å². The number of thiazole rings is 1. The molecule has 3 rings (SSSR count). The van der Waals surface area contributed by atoms with E-state index in [0.717, 1.165) is 21.1 Å². The Morgan fingerprint density at radius 2 is 1.91 bits per heavy atom. The van der Waals surface area contributed by atoms with E-state index in [0.29, 0.717) is 0 Å². The van der Waals surface area contributed by atoms with Gasteiger partial charge in [-0.05, 0) is 26.0 Å². The summed E-state index contributed by atoms with van der Waals surface area (Å²) in [6.45, 7) is 4.10. The monoisotopic (exact) mass is 348 g/mol. The Hall–Kier alpha value is -2.03.